The van der Waals surface area contributed by atoms with Crippen LogP contribution in [0.5, 0.6) is 0 Å². The van der Waals surface area contributed by atoms with Crippen molar-refractivity contribution in [3.8, 4) is 11.8 Å². The van der Waals surface area contributed by atoms with E-state index in [1.165, 1.54) is 18.2 Å². The summed E-state index contributed by atoms with van der Waals surface area (Å²) in [7, 11) is -1.06. The molecule has 0 bridgehead atoms. The summed E-state index contributed by atoms with van der Waals surface area (Å²) in [5.74, 6) is 3.78. The van der Waals surface area contributed by atoms with Crippen LogP contribution in [0, 0.1) is 29.5 Å². The molecule has 1 amide bonds. The molecule has 224 valence electrons. The molecule has 3 unspecified atom stereocenters. The van der Waals surface area contributed by atoms with E-state index in [0.29, 0.717) is 29.9 Å². The highest BCUT2D eigenvalue weighted by Gasteiger charge is 2.51. The molecule has 2 saturated carbocycles. The fourth-order valence-electron chi connectivity index (χ4n) is 5.63. The van der Waals surface area contributed by atoms with Gasteiger partial charge in [0.2, 0.25) is 6.10 Å². The van der Waals surface area contributed by atoms with E-state index in [1.807, 2.05) is 20.8 Å². The first-order chi connectivity index (χ1) is 18.8. The summed E-state index contributed by atoms with van der Waals surface area (Å²) in [6.45, 7) is 9.05. The van der Waals surface area contributed by atoms with E-state index in [9.17, 15) is 27.5 Å². The zero-order valence-corrected chi connectivity index (χ0v) is 25.8. The third-order valence-corrected chi connectivity index (χ3v) is 13.5. The number of nitrogens with one attached hydrogen (secondary N) is 1. The molecular weight excluding hydrogens is 578 g/mol. The maximum Gasteiger partial charge on any atom is 0.425 e. The Morgan fingerprint density at radius 2 is 1.85 bits per heavy atom. The number of hydrogen-bond acceptors (Lipinski definition) is 4. The smallest absolute Gasteiger partial charge is 0.396 e. The Morgan fingerprint density at radius 1 is 1.24 bits per heavy atom. The third kappa shape index (κ3) is 6.82. The van der Waals surface area contributed by atoms with E-state index in [-0.39, 0.29) is 35.6 Å². The molecule has 2 fully saturated rings. The Morgan fingerprint density at radius 3 is 2.39 bits per heavy atom. The van der Waals surface area contributed by atoms with Crippen LogP contribution in [0.4, 0.5) is 23.2 Å². The van der Waals surface area contributed by atoms with Crippen molar-refractivity contribution in [2.45, 2.75) is 88.4 Å². The number of halogens is 5. The summed E-state index contributed by atoms with van der Waals surface area (Å²) in [5, 5.41) is 13.4. The van der Waals surface area contributed by atoms with Crippen molar-refractivity contribution in [1.82, 2.24) is 9.55 Å². The fraction of sp³-hybridized carbons (Fsp3) is 0.586. The van der Waals surface area contributed by atoms with Gasteiger partial charge < -0.3 is 19.4 Å². The zero-order valence-electron chi connectivity index (χ0n) is 24.0. The maximum absolute atomic E-state index is 13.8. The van der Waals surface area contributed by atoms with Crippen LogP contribution in [0.25, 0.3) is 0 Å². The van der Waals surface area contributed by atoms with Gasteiger partial charge in [-0.25, -0.2) is 9.37 Å². The fourth-order valence-corrected chi connectivity index (χ4v) is 6.94. The SMILES string of the molecule is Cn1cnc(C2CC3CC(O)(C#CC(O[Si](C)(C)C(C)(C)C)C(F)(F)F)CC3C2)c1C(=O)Nc1ccc(F)c(Cl)c1. The lowest BCUT2D eigenvalue weighted by molar-refractivity contribution is -0.180. The Bertz CT molecular complexity index is 1360. The average molecular weight is 614 g/mol. The molecule has 2 aliphatic rings. The molecular formula is C29H36ClF4N3O3Si. The number of nitrogens with zero attached hydrogens (tertiary/aromatic N) is 2. The first-order valence-electron chi connectivity index (χ1n) is 13.6. The molecule has 2 aliphatic carbocycles. The highest BCUT2D eigenvalue weighted by atomic mass is 35.5. The van der Waals surface area contributed by atoms with Gasteiger partial charge in [0.1, 0.15) is 17.1 Å². The number of aliphatic hydroxyl groups is 1. The van der Waals surface area contributed by atoms with Crippen LogP contribution in [-0.2, 0) is 11.5 Å². The second-order valence-corrected chi connectivity index (χ2v) is 18.0. The minimum absolute atomic E-state index is 0.0266. The van der Waals surface area contributed by atoms with Gasteiger partial charge in [0.15, 0.2) is 8.32 Å². The quantitative estimate of drug-likeness (QED) is 0.215. The number of hydrogen-bond donors (Lipinski definition) is 2. The van der Waals surface area contributed by atoms with Crippen molar-refractivity contribution in [2.24, 2.45) is 18.9 Å². The van der Waals surface area contributed by atoms with E-state index < -0.39 is 43.0 Å². The summed E-state index contributed by atoms with van der Waals surface area (Å²) in [4.78, 5) is 17.6. The molecule has 1 aromatic carbocycles. The third-order valence-electron chi connectivity index (χ3n) is 8.74. The molecule has 1 heterocycles. The topological polar surface area (TPSA) is 76.4 Å². The van der Waals surface area contributed by atoms with Gasteiger partial charge in [0.05, 0.1) is 17.0 Å². The predicted molar refractivity (Wildman–Crippen MR) is 152 cm³/mol. The highest BCUT2D eigenvalue weighted by Crippen LogP contribution is 2.54. The van der Waals surface area contributed by atoms with Gasteiger partial charge in [0.25, 0.3) is 5.91 Å². The number of carbonyl (C=O) groups is 1. The molecule has 12 heteroatoms. The standard InChI is InChI=1S/C29H36ClF4N3O3Si/c1-27(2,3)41(5,6)40-23(29(32,33)34)9-10-28(39)14-18-11-17(12-19(18)15-28)24-25(37(4)16-35-24)26(38)36-20-7-8-22(31)21(30)13-20/h7-8,13,16-19,23,39H,11-12,14-15H2,1-6H3,(H,36,38). The number of benzene rings is 1. The molecule has 4 rings (SSSR count). The number of rotatable bonds is 5. The molecule has 2 N–H and O–H groups in total. The second-order valence-electron chi connectivity index (χ2n) is 12.9. The molecule has 0 radical (unpaired) electrons. The van der Waals surface area contributed by atoms with E-state index in [0.717, 1.165) is 0 Å². The Hall–Kier alpha value is -2.39. The molecule has 2 aromatic rings. The molecule has 0 saturated heterocycles. The largest absolute Gasteiger partial charge is 0.425 e. The van der Waals surface area contributed by atoms with Crippen LogP contribution in [0.15, 0.2) is 24.5 Å². The average Bonchev–Trinajstić information content (AvgIpc) is 3.48. The summed E-state index contributed by atoms with van der Waals surface area (Å²) in [6.07, 6.45) is -3.64. The monoisotopic (exact) mass is 613 g/mol. The molecule has 3 atom stereocenters. The summed E-state index contributed by atoms with van der Waals surface area (Å²) in [6, 6.07) is 3.91. The predicted octanol–water partition coefficient (Wildman–Crippen LogP) is 7.06. The lowest BCUT2D eigenvalue weighted by atomic mass is 9.92. The van der Waals surface area contributed by atoms with Gasteiger partial charge in [-0.1, -0.05) is 44.2 Å². The molecule has 0 aliphatic heterocycles. The van der Waals surface area contributed by atoms with Gasteiger partial charge in [-0.15, -0.1) is 0 Å². The Labute approximate surface area is 244 Å². The molecule has 41 heavy (non-hydrogen) atoms. The number of aromatic nitrogens is 2. The number of amides is 1. The van der Waals surface area contributed by atoms with Crippen LogP contribution in [0.3, 0.4) is 0 Å². The van der Waals surface area contributed by atoms with Gasteiger partial charge in [0, 0.05) is 18.7 Å². The van der Waals surface area contributed by atoms with Crippen molar-refractivity contribution in [3.63, 3.8) is 0 Å². The highest BCUT2D eigenvalue weighted by molar-refractivity contribution is 6.74. The van der Waals surface area contributed by atoms with E-state index >= 15 is 0 Å². The van der Waals surface area contributed by atoms with Crippen molar-refractivity contribution < 1.29 is 31.9 Å². The summed E-state index contributed by atoms with van der Waals surface area (Å²) >= 11 is 5.84. The summed E-state index contributed by atoms with van der Waals surface area (Å²) in [5.41, 5.74) is -0.217. The van der Waals surface area contributed by atoms with Crippen LogP contribution in [-0.4, -0.2) is 46.8 Å². The molecule has 6 nitrogen and oxygen atoms in total. The van der Waals surface area contributed by atoms with Crippen molar-refractivity contribution in [1.29, 1.82) is 0 Å². The number of alkyl halides is 3. The van der Waals surface area contributed by atoms with Gasteiger partial charge in [-0.2, -0.15) is 13.2 Å². The van der Waals surface area contributed by atoms with Crippen molar-refractivity contribution in [2.75, 3.05) is 5.32 Å². The number of aryl methyl sites for hydroxylation is 1. The first kappa shape index (κ1) is 31.5. The second kappa shape index (κ2) is 11.0. The number of anilines is 1. The van der Waals surface area contributed by atoms with E-state index in [2.05, 4.69) is 22.1 Å². The van der Waals surface area contributed by atoms with Crippen LogP contribution < -0.4 is 5.32 Å². The zero-order chi connectivity index (χ0) is 30.5. The number of carbonyl (C=O) groups excluding carboxylic acids is 1. The maximum atomic E-state index is 13.8. The van der Waals surface area contributed by atoms with Crippen LogP contribution in [0.1, 0.15) is 68.6 Å². The number of fused-ring (bicyclic) bond motifs is 1. The lowest BCUT2D eigenvalue weighted by Crippen LogP contribution is -2.47. The van der Waals surface area contributed by atoms with Crippen molar-refractivity contribution >= 4 is 31.5 Å². The lowest BCUT2D eigenvalue weighted by Gasteiger charge is -2.38. The minimum Gasteiger partial charge on any atom is -0.396 e. The molecule has 0 spiro atoms. The Balaban J connectivity index is 1.46. The van der Waals surface area contributed by atoms with Crippen LogP contribution >= 0.6 is 11.6 Å². The van der Waals surface area contributed by atoms with Gasteiger partial charge in [-0.05, 0) is 73.9 Å². The minimum atomic E-state index is -4.67. The van der Waals surface area contributed by atoms with Crippen molar-refractivity contribution in [3.05, 3.63) is 46.8 Å². The van der Waals surface area contributed by atoms with Crippen LogP contribution in [0.2, 0.25) is 23.2 Å². The summed E-state index contributed by atoms with van der Waals surface area (Å²) < 4.78 is 62.2. The Kier molecular flexibility index (Phi) is 8.48. The van der Waals surface area contributed by atoms with Gasteiger partial charge in [-0.3, -0.25) is 4.79 Å². The normalized spacial score (nSPS) is 25.4. The molecule has 1 aromatic heterocycles. The van der Waals surface area contributed by atoms with Gasteiger partial charge >= 0.3 is 6.18 Å². The van der Waals surface area contributed by atoms with E-state index in [4.69, 9.17) is 16.0 Å². The number of imidazole rings is 1. The van der Waals surface area contributed by atoms with E-state index in [1.54, 1.807) is 31.0 Å². The first-order valence-corrected chi connectivity index (χ1v) is 16.9.